The maximum absolute atomic E-state index is 12.3. The number of aromatic nitrogens is 1. The predicted octanol–water partition coefficient (Wildman–Crippen LogP) is 4.05. The molecule has 1 atom stereocenters. The lowest BCUT2D eigenvalue weighted by atomic mass is 10.1. The number of sulfonamides is 1. The van der Waals surface area contributed by atoms with Crippen LogP contribution in [0.15, 0.2) is 53.7 Å². The molecule has 3 heterocycles. The van der Waals surface area contributed by atoms with Crippen LogP contribution in [0.3, 0.4) is 0 Å². The predicted molar refractivity (Wildman–Crippen MR) is 140 cm³/mol. The number of nitrogens with zero attached hydrogens (tertiary/aromatic N) is 2. The second-order valence-corrected chi connectivity index (χ2v) is 12.1. The van der Waals surface area contributed by atoms with Crippen LogP contribution in [0.5, 0.6) is 5.75 Å². The van der Waals surface area contributed by atoms with Crippen molar-refractivity contribution in [2.24, 2.45) is 0 Å². The maximum Gasteiger partial charge on any atom is 0.244 e. The van der Waals surface area contributed by atoms with Crippen molar-refractivity contribution in [3.05, 3.63) is 69.8 Å². The van der Waals surface area contributed by atoms with Gasteiger partial charge in [0.15, 0.2) is 5.78 Å². The number of benzene rings is 1. The third kappa shape index (κ3) is 5.67. The number of hydrogen-bond donors (Lipinski definition) is 1. The van der Waals surface area contributed by atoms with Crippen LogP contribution >= 0.6 is 22.9 Å². The molecule has 0 spiro atoms. The molecule has 0 bridgehead atoms. The van der Waals surface area contributed by atoms with Crippen LogP contribution in [-0.2, 0) is 21.2 Å². The zero-order valence-electron chi connectivity index (χ0n) is 19.8. The minimum Gasteiger partial charge on any atom is -0.486 e. The number of Topliss-reactive ketones (excluding diaryl/α,β-unsaturated/α-hetero) is 1. The summed E-state index contributed by atoms with van der Waals surface area (Å²) in [7, 11) is -0.739. The SMILES string of the molecule is CC(=O)c1ccc(-c2cc(Cl)c3c(c2)CC(CNC(=O)C=Cc2cncc(S(=O)(=O)N(C)C)c2)O3)s1. The molecule has 1 N–H and O–H groups in total. The number of halogens is 1. The molecule has 0 saturated heterocycles. The van der Waals surface area contributed by atoms with E-state index in [-0.39, 0.29) is 29.2 Å². The fourth-order valence-electron chi connectivity index (χ4n) is 3.65. The zero-order valence-corrected chi connectivity index (χ0v) is 22.2. The lowest BCUT2D eigenvalue weighted by molar-refractivity contribution is -0.116. The zero-order chi connectivity index (χ0) is 26.0. The van der Waals surface area contributed by atoms with Gasteiger partial charge in [-0.1, -0.05) is 11.6 Å². The fraction of sp³-hybridized carbons (Fsp3) is 0.240. The summed E-state index contributed by atoms with van der Waals surface area (Å²) in [5.74, 6) is 0.273. The average molecular weight is 546 g/mol. The lowest BCUT2D eigenvalue weighted by Crippen LogP contribution is -2.33. The summed E-state index contributed by atoms with van der Waals surface area (Å²) < 4.78 is 31.6. The van der Waals surface area contributed by atoms with Gasteiger partial charge in [-0.25, -0.2) is 12.7 Å². The molecule has 4 rings (SSSR count). The van der Waals surface area contributed by atoms with Crippen LogP contribution in [-0.4, -0.2) is 56.1 Å². The highest BCUT2D eigenvalue weighted by Crippen LogP contribution is 2.41. The minimum absolute atomic E-state index is 0.0225. The number of fused-ring (bicyclic) bond motifs is 1. The average Bonchev–Trinajstić information content (AvgIpc) is 3.49. The summed E-state index contributed by atoms with van der Waals surface area (Å²) in [6, 6.07) is 8.98. The first kappa shape index (κ1) is 26.0. The van der Waals surface area contributed by atoms with E-state index in [2.05, 4.69) is 10.3 Å². The van der Waals surface area contributed by atoms with Gasteiger partial charge in [-0.05, 0) is 54.5 Å². The van der Waals surface area contributed by atoms with Gasteiger partial charge < -0.3 is 10.1 Å². The number of thiophene rings is 1. The van der Waals surface area contributed by atoms with Crippen LogP contribution in [0.25, 0.3) is 16.5 Å². The number of carbonyl (C=O) groups is 2. The van der Waals surface area contributed by atoms with Crippen LogP contribution in [0, 0.1) is 0 Å². The van der Waals surface area contributed by atoms with Gasteiger partial charge in [0.2, 0.25) is 15.9 Å². The van der Waals surface area contributed by atoms with Gasteiger partial charge in [0.1, 0.15) is 16.7 Å². The Morgan fingerprint density at radius 2 is 2.03 bits per heavy atom. The molecule has 3 aromatic rings. The topological polar surface area (TPSA) is 106 Å². The standard InChI is InChI=1S/C25H24ClN3O5S2/c1-15(30)22-5-6-23(35-22)17-9-18-10-19(34-25(18)21(26)11-17)13-28-24(31)7-4-16-8-20(14-27-12-16)36(32,33)29(2)3/h4-9,11-12,14,19H,10,13H2,1-3H3,(H,28,31). The Hall–Kier alpha value is -3.05. The number of pyridine rings is 1. The molecule has 1 amide bonds. The van der Waals surface area contributed by atoms with Crippen LogP contribution in [0.4, 0.5) is 0 Å². The Labute approximate surface area is 218 Å². The van der Waals surface area contributed by atoms with Gasteiger partial charge in [-0.3, -0.25) is 14.6 Å². The second kappa shape index (κ2) is 10.5. The van der Waals surface area contributed by atoms with Gasteiger partial charge >= 0.3 is 0 Å². The van der Waals surface area contributed by atoms with E-state index in [1.807, 2.05) is 18.2 Å². The molecule has 1 aliphatic rings. The Kier molecular flexibility index (Phi) is 7.60. The first-order valence-electron chi connectivity index (χ1n) is 11.0. The molecule has 1 aromatic carbocycles. The van der Waals surface area contributed by atoms with Crippen LogP contribution in [0.2, 0.25) is 5.02 Å². The number of ether oxygens (including phenoxy) is 1. The van der Waals surface area contributed by atoms with E-state index in [1.54, 1.807) is 6.07 Å². The Balaban J connectivity index is 1.37. The molecule has 0 aliphatic carbocycles. The van der Waals surface area contributed by atoms with E-state index >= 15 is 0 Å². The van der Waals surface area contributed by atoms with Gasteiger partial charge in [-0.15, -0.1) is 11.3 Å². The van der Waals surface area contributed by atoms with Crippen molar-refractivity contribution in [2.45, 2.75) is 24.3 Å². The molecule has 1 unspecified atom stereocenters. The summed E-state index contributed by atoms with van der Waals surface area (Å²) in [4.78, 5) is 29.6. The van der Waals surface area contributed by atoms with Crippen molar-refractivity contribution >= 4 is 50.7 Å². The number of ketones is 1. The molecular weight excluding hydrogens is 522 g/mol. The van der Waals surface area contributed by atoms with Gasteiger partial charge in [0.25, 0.3) is 0 Å². The van der Waals surface area contributed by atoms with E-state index in [0.29, 0.717) is 27.6 Å². The highest BCUT2D eigenvalue weighted by Gasteiger charge is 2.26. The second-order valence-electron chi connectivity index (χ2n) is 8.43. The summed E-state index contributed by atoms with van der Waals surface area (Å²) >= 11 is 7.88. The van der Waals surface area contributed by atoms with Crippen molar-refractivity contribution in [2.75, 3.05) is 20.6 Å². The van der Waals surface area contributed by atoms with E-state index in [4.69, 9.17) is 16.3 Å². The number of amides is 1. The quantitative estimate of drug-likeness (QED) is 0.338. The molecule has 0 radical (unpaired) electrons. The van der Waals surface area contributed by atoms with E-state index in [0.717, 1.165) is 20.3 Å². The Morgan fingerprint density at radius 1 is 1.25 bits per heavy atom. The summed E-state index contributed by atoms with van der Waals surface area (Å²) in [6.07, 6.45) is 5.85. The van der Waals surface area contributed by atoms with Gasteiger partial charge in [-0.2, -0.15) is 0 Å². The summed E-state index contributed by atoms with van der Waals surface area (Å²) in [5, 5.41) is 3.28. The third-order valence-electron chi connectivity index (χ3n) is 5.53. The largest absolute Gasteiger partial charge is 0.486 e. The number of carbonyl (C=O) groups excluding carboxylic acids is 2. The molecule has 36 heavy (non-hydrogen) atoms. The molecule has 0 fully saturated rings. The van der Waals surface area contributed by atoms with Crippen molar-refractivity contribution in [1.82, 2.24) is 14.6 Å². The van der Waals surface area contributed by atoms with Gasteiger partial charge in [0, 0.05) is 49.4 Å². The van der Waals surface area contributed by atoms with E-state index in [9.17, 15) is 18.0 Å². The molecule has 0 saturated carbocycles. The van der Waals surface area contributed by atoms with Crippen molar-refractivity contribution in [3.63, 3.8) is 0 Å². The first-order chi connectivity index (χ1) is 17.0. The Morgan fingerprint density at radius 3 is 2.72 bits per heavy atom. The fourth-order valence-corrected chi connectivity index (χ4v) is 5.72. The molecule has 8 nitrogen and oxygen atoms in total. The minimum atomic E-state index is -3.62. The third-order valence-corrected chi connectivity index (χ3v) is 8.83. The van der Waals surface area contributed by atoms with Crippen molar-refractivity contribution < 1.29 is 22.7 Å². The number of nitrogens with one attached hydrogen (secondary N) is 1. The number of hydrogen-bond acceptors (Lipinski definition) is 7. The summed E-state index contributed by atoms with van der Waals surface area (Å²) in [6.45, 7) is 1.81. The van der Waals surface area contributed by atoms with E-state index in [1.165, 1.54) is 63.0 Å². The van der Waals surface area contributed by atoms with Crippen molar-refractivity contribution in [3.8, 4) is 16.2 Å². The summed E-state index contributed by atoms with van der Waals surface area (Å²) in [5.41, 5.74) is 2.34. The van der Waals surface area contributed by atoms with Crippen LogP contribution in [0.1, 0.15) is 27.7 Å². The lowest BCUT2D eigenvalue weighted by Gasteiger charge is -2.11. The smallest absolute Gasteiger partial charge is 0.244 e. The van der Waals surface area contributed by atoms with Crippen LogP contribution < -0.4 is 10.1 Å². The molecule has 188 valence electrons. The number of rotatable bonds is 8. The highest BCUT2D eigenvalue weighted by atomic mass is 35.5. The monoisotopic (exact) mass is 545 g/mol. The van der Waals surface area contributed by atoms with E-state index < -0.39 is 10.0 Å². The normalized spacial score (nSPS) is 15.2. The molecule has 2 aromatic heterocycles. The first-order valence-corrected chi connectivity index (χ1v) is 13.6. The maximum atomic E-state index is 12.3. The van der Waals surface area contributed by atoms with Gasteiger partial charge in [0.05, 0.1) is 16.4 Å². The van der Waals surface area contributed by atoms with Crippen molar-refractivity contribution in [1.29, 1.82) is 0 Å². The highest BCUT2D eigenvalue weighted by molar-refractivity contribution is 7.89. The molecule has 11 heteroatoms. The Bertz CT molecular complexity index is 1460. The molecular formula is C25H24ClN3O5S2. The molecule has 1 aliphatic heterocycles.